The lowest BCUT2D eigenvalue weighted by Crippen LogP contribution is -2.12. The number of thiazole rings is 1. The summed E-state index contributed by atoms with van der Waals surface area (Å²) in [7, 11) is 0. The molecule has 0 aliphatic heterocycles. The highest BCUT2D eigenvalue weighted by atomic mass is 32.1. The summed E-state index contributed by atoms with van der Waals surface area (Å²) in [5.41, 5.74) is 3.72. The van der Waals surface area contributed by atoms with Gasteiger partial charge in [-0.15, -0.1) is 22.7 Å². The number of benzene rings is 1. The van der Waals surface area contributed by atoms with Crippen LogP contribution < -0.4 is 5.32 Å². The molecule has 28 heavy (non-hydrogen) atoms. The van der Waals surface area contributed by atoms with E-state index in [2.05, 4.69) is 23.5 Å². The molecule has 0 saturated carbocycles. The largest absolute Gasteiger partial charge is 0.361 e. The van der Waals surface area contributed by atoms with Gasteiger partial charge in [0, 0.05) is 16.5 Å². The lowest BCUT2D eigenvalue weighted by Gasteiger charge is -2.18. The first kappa shape index (κ1) is 17.6. The summed E-state index contributed by atoms with van der Waals surface area (Å²) in [6, 6.07) is 9.82. The molecule has 1 atom stereocenters. The number of aryl methyl sites for hydroxylation is 1. The highest BCUT2D eigenvalue weighted by molar-refractivity contribution is 7.23. The second-order valence-corrected chi connectivity index (χ2v) is 9.46. The number of fused-ring (bicyclic) bond motifs is 2. The minimum atomic E-state index is -0.245. The monoisotopic (exact) mass is 409 g/mol. The van der Waals surface area contributed by atoms with Gasteiger partial charge in [0.05, 0.1) is 10.2 Å². The highest BCUT2D eigenvalue weighted by Gasteiger charge is 2.27. The maximum Gasteiger partial charge on any atom is 0.278 e. The lowest BCUT2D eigenvalue weighted by molar-refractivity contribution is 0.101. The van der Waals surface area contributed by atoms with Gasteiger partial charge in [-0.3, -0.25) is 4.79 Å². The van der Waals surface area contributed by atoms with Crippen LogP contribution in [0.4, 0.5) is 5.00 Å². The number of nitrogens with one attached hydrogen (secondary N) is 1. The molecule has 5 rings (SSSR count). The van der Waals surface area contributed by atoms with Gasteiger partial charge in [-0.1, -0.05) is 24.2 Å². The first-order chi connectivity index (χ1) is 13.6. The molecule has 1 aliphatic rings. The van der Waals surface area contributed by atoms with Crippen LogP contribution in [-0.4, -0.2) is 16.0 Å². The van der Waals surface area contributed by atoms with E-state index in [4.69, 9.17) is 9.51 Å². The number of carbonyl (C=O) groups is 1. The van der Waals surface area contributed by atoms with Crippen LogP contribution in [0.5, 0.6) is 0 Å². The topological polar surface area (TPSA) is 68.0 Å². The Hall–Kier alpha value is -2.51. The number of carbonyl (C=O) groups excluding carboxylic acids is 1. The minimum absolute atomic E-state index is 0.245. The van der Waals surface area contributed by atoms with Gasteiger partial charge >= 0.3 is 0 Å². The molecule has 1 aromatic carbocycles. The fourth-order valence-electron chi connectivity index (χ4n) is 3.68. The SMILES string of the molecule is Cc1cc(C(=O)Nc2sc3c(c2-c2nc4ccccc4s2)CCC(C)C3)no1. The van der Waals surface area contributed by atoms with Crippen molar-refractivity contribution in [3.63, 3.8) is 0 Å². The van der Waals surface area contributed by atoms with Crippen molar-refractivity contribution < 1.29 is 9.32 Å². The molecule has 4 aromatic rings. The molecular formula is C21H19N3O2S2. The number of para-hydroxylation sites is 1. The van der Waals surface area contributed by atoms with Crippen LogP contribution in [0.25, 0.3) is 20.8 Å². The quantitative estimate of drug-likeness (QED) is 0.471. The van der Waals surface area contributed by atoms with Gasteiger partial charge in [-0.05, 0) is 49.8 Å². The Morgan fingerprint density at radius 1 is 1.29 bits per heavy atom. The normalized spacial score (nSPS) is 16.3. The molecule has 1 amide bonds. The molecule has 0 saturated heterocycles. The van der Waals surface area contributed by atoms with E-state index in [-0.39, 0.29) is 5.91 Å². The molecule has 0 bridgehead atoms. The number of rotatable bonds is 3. The van der Waals surface area contributed by atoms with Crippen LogP contribution in [0, 0.1) is 12.8 Å². The van der Waals surface area contributed by atoms with Crippen LogP contribution in [-0.2, 0) is 12.8 Å². The third-order valence-electron chi connectivity index (χ3n) is 5.11. The Kier molecular flexibility index (Phi) is 4.29. The zero-order valence-corrected chi connectivity index (χ0v) is 17.2. The first-order valence-electron chi connectivity index (χ1n) is 9.33. The highest BCUT2D eigenvalue weighted by Crippen LogP contribution is 2.47. The van der Waals surface area contributed by atoms with Crippen LogP contribution >= 0.6 is 22.7 Å². The van der Waals surface area contributed by atoms with Gasteiger partial charge in [0.25, 0.3) is 5.91 Å². The molecule has 3 aromatic heterocycles. The second-order valence-electron chi connectivity index (χ2n) is 7.32. The van der Waals surface area contributed by atoms with Crippen molar-refractivity contribution in [2.75, 3.05) is 5.32 Å². The van der Waals surface area contributed by atoms with Crippen molar-refractivity contribution in [3.8, 4) is 10.6 Å². The van der Waals surface area contributed by atoms with E-state index >= 15 is 0 Å². The average Bonchev–Trinajstić information content (AvgIpc) is 3.36. The Labute approximate surface area is 170 Å². The number of aromatic nitrogens is 2. The Morgan fingerprint density at radius 3 is 2.93 bits per heavy atom. The minimum Gasteiger partial charge on any atom is -0.361 e. The van der Waals surface area contributed by atoms with E-state index < -0.39 is 0 Å². The maximum atomic E-state index is 12.7. The molecule has 1 N–H and O–H groups in total. The van der Waals surface area contributed by atoms with E-state index in [0.717, 1.165) is 45.1 Å². The number of thiophene rings is 1. The van der Waals surface area contributed by atoms with Gasteiger partial charge in [-0.2, -0.15) is 0 Å². The average molecular weight is 410 g/mol. The lowest BCUT2D eigenvalue weighted by atomic mass is 9.88. The molecule has 1 unspecified atom stereocenters. The summed E-state index contributed by atoms with van der Waals surface area (Å²) in [4.78, 5) is 18.9. The van der Waals surface area contributed by atoms with Crippen molar-refractivity contribution in [1.82, 2.24) is 10.1 Å². The smallest absolute Gasteiger partial charge is 0.278 e. The predicted molar refractivity (Wildman–Crippen MR) is 113 cm³/mol. The number of amides is 1. The molecule has 5 nitrogen and oxygen atoms in total. The second kappa shape index (κ2) is 6.83. The predicted octanol–water partition coefficient (Wildman–Crippen LogP) is 5.70. The molecule has 7 heteroatoms. The van der Waals surface area contributed by atoms with Gasteiger partial charge in [-0.25, -0.2) is 4.98 Å². The van der Waals surface area contributed by atoms with Crippen molar-refractivity contribution in [2.24, 2.45) is 5.92 Å². The van der Waals surface area contributed by atoms with Gasteiger partial charge in [0.15, 0.2) is 5.69 Å². The third kappa shape index (κ3) is 3.04. The van der Waals surface area contributed by atoms with Crippen molar-refractivity contribution >= 4 is 43.8 Å². The third-order valence-corrected chi connectivity index (χ3v) is 7.33. The van der Waals surface area contributed by atoms with Crippen LogP contribution in [0.1, 0.15) is 40.0 Å². The molecule has 0 radical (unpaired) electrons. The van der Waals surface area contributed by atoms with Crippen LogP contribution in [0.15, 0.2) is 34.9 Å². The van der Waals surface area contributed by atoms with E-state index in [9.17, 15) is 4.79 Å². The van der Waals surface area contributed by atoms with Crippen LogP contribution in [0.2, 0.25) is 0 Å². The fraction of sp³-hybridized carbons (Fsp3) is 0.286. The Morgan fingerprint density at radius 2 is 2.14 bits per heavy atom. The Bertz CT molecular complexity index is 1150. The first-order valence-corrected chi connectivity index (χ1v) is 11.0. The van der Waals surface area contributed by atoms with E-state index in [1.54, 1.807) is 35.7 Å². The zero-order valence-electron chi connectivity index (χ0n) is 15.6. The van der Waals surface area contributed by atoms with E-state index in [1.165, 1.54) is 10.4 Å². The van der Waals surface area contributed by atoms with Crippen molar-refractivity contribution in [2.45, 2.75) is 33.1 Å². The number of hydrogen-bond acceptors (Lipinski definition) is 6. The zero-order chi connectivity index (χ0) is 19.3. The fourth-order valence-corrected chi connectivity index (χ4v) is 6.20. The van der Waals surface area contributed by atoms with Gasteiger partial charge in [0.2, 0.25) is 0 Å². The molecule has 0 fully saturated rings. The number of anilines is 1. The summed E-state index contributed by atoms with van der Waals surface area (Å²) >= 11 is 3.36. The van der Waals surface area contributed by atoms with E-state index in [0.29, 0.717) is 17.4 Å². The van der Waals surface area contributed by atoms with E-state index in [1.807, 2.05) is 18.2 Å². The standard InChI is InChI=1S/C21H19N3O2S2/c1-11-7-8-13-17(9-11)28-21(23-19(25)15-10-12(2)26-24-15)18(13)20-22-14-5-3-4-6-16(14)27-20/h3-6,10-11H,7-9H2,1-2H3,(H,23,25). The van der Waals surface area contributed by atoms with Crippen LogP contribution in [0.3, 0.4) is 0 Å². The van der Waals surface area contributed by atoms with Crippen molar-refractivity contribution in [1.29, 1.82) is 0 Å². The molecule has 1 aliphatic carbocycles. The summed E-state index contributed by atoms with van der Waals surface area (Å²) in [5.74, 6) is 1.04. The van der Waals surface area contributed by atoms with Crippen molar-refractivity contribution in [3.05, 3.63) is 52.2 Å². The molecule has 3 heterocycles. The number of nitrogens with zero attached hydrogens (tertiary/aromatic N) is 2. The molecule has 0 spiro atoms. The summed E-state index contributed by atoms with van der Waals surface area (Å²) in [6.07, 6.45) is 3.24. The molecular weight excluding hydrogens is 390 g/mol. The van der Waals surface area contributed by atoms with Gasteiger partial charge in [0.1, 0.15) is 15.8 Å². The summed E-state index contributed by atoms with van der Waals surface area (Å²) < 4.78 is 6.21. The summed E-state index contributed by atoms with van der Waals surface area (Å²) in [5, 5.41) is 8.76. The Balaban J connectivity index is 1.60. The molecule has 142 valence electrons. The van der Waals surface area contributed by atoms with Gasteiger partial charge < -0.3 is 9.84 Å². The number of hydrogen-bond donors (Lipinski definition) is 1. The maximum absolute atomic E-state index is 12.7. The summed E-state index contributed by atoms with van der Waals surface area (Å²) in [6.45, 7) is 4.07.